The number of carboxylic acid groups (broad SMARTS) is 1. The topological polar surface area (TPSA) is 67.8 Å². The van der Waals surface area contributed by atoms with Crippen molar-refractivity contribution in [2.24, 2.45) is 0 Å². The molecule has 0 aliphatic rings. The van der Waals surface area contributed by atoms with Crippen LogP contribution in [0.5, 0.6) is 5.75 Å². The second kappa shape index (κ2) is 9.37. The average Bonchev–Trinajstić information content (AvgIpc) is 2.47. The molecule has 5 heteroatoms. The Hall–Kier alpha value is -1.59. The summed E-state index contributed by atoms with van der Waals surface area (Å²) in [5.41, 5.74) is -0.876. The zero-order chi connectivity index (χ0) is 15.6. The number of para-hydroxylation sites is 1. The summed E-state index contributed by atoms with van der Waals surface area (Å²) in [5, 5.41) is 12.2. The van der Waals surface area contributed by atoms with Gasteiger partial charge in [0.2, 0.25) is 0 Å². The monoisotopic (exact) mass is 295 g/mol. The Morgan fingerprint density at radius 2 is 1.95 bits per heavy atom. The molecule has 1 atom stereocenters. The predicted octanol–water partition coefficient (Wildman–Crippen LogP) is 2.32. The number of hydrogen-bond acceptors (Lipinski definition) is 4. The van der Waals surface area contributed by atoms with Gasteiger partial charge in [-0.2, -0.15) is 0 Å². The third-order valence-corrected chi connectivity index (χ3v) is 3.24. The molecule has 0 aromatic heterocycles. The van der Waals surface area contributed by atoms with Gasteiger partial charge >= 0.3 is 5.97 Å². The lowest BCUT2D eigenvalue weighted by Gasteiger charge is -2.25. The molecule has 2 N–H and O–H groups in total. The largest absolute Gasteiger partial charge is 0.491 e. The summed E-state index contributed by atoms with van der Waals surface area (Å²) in [5.74, 6) is 0.00320. The van der Waals surface area contributed by atoms with Crippen LogP contribution in [0.4, 0.5) is 0 Å². The SMILES string of the molecule is CCNC(C)(CCCOCCOc1ccccc1)C(=O)O. The number of ether oxygens (including phenoxy) is 2. The van der Waals surface area contributed by atoms with Crippen molar-refractivity contribution >= 4 is 5.97 Å². The normalized spacial score (nSPS) is 13.6. The third kappa shape index (κ3) is 6.60. The quantitative estimate of drug-likeness (QED) is 0.613. The lowest BCUT2D eigenvalue weighted by atomic mass is 9.96. The maximum atomic E-state index is 11.2. The highest BCUT2D eigenvalue weighted by atomic mass is 16.5. The number of hydrogen-bond donors (Lipinski definition) is 2. The van der Waals surface area contributed by atoms with Crippen LogP contribution in [0.1, 0.15) is 26.7 Å². The Labute approximate surface area is 126 Å². The molecule has 5 nitrogen and oxygen atoms in total. The number of rotatable bonds is 11. The Balaban J connectivity index is 2.10. The van der Waals surface area contributed by atoms with E-state index in [0.29, 0.717) is 39.2 Å². The minimum absolute atomic E-state index is 0.493. The molecule has 0 amide bonds. The maximum absolute atomic E-state index is 11.2. The fourth-order valence-corrected chi connectivity index (χ4v) is 2.03. The van der Waals surface area contributed by atoms with Gasteiger partial charge in [-0.25, -0.2) is 0 Å². The first kappa shape index (κ1) is 17.5. The van der Waals surface area contributed by atoms with E-state index in [2.05, 4.69) is 5.32 Å². The summed E-state index contributed by atoms with van der Waals surface area (Å²) in [7, 11) is 0. The van der Waals surface area contributed by atoms with E-state index in [1.807, 2.05) is 37.3 Å². The molecule has 118 valence electrons. The lowest BCUT2D eigenvalue weighted by Crippen LogP contribution is -2.49. The van der Waals surface area contributed by atoms with Gasteiger partial charge in [-0.05, 0) is 38.4 Å². The van der Waals surface area contributed by atoms with Crippen molar-refractivity contribution in [3.63, 3.8) is 0 Å². The van der Waals surface area contributed by atoms with Crippen molar-refractivity contribution in [3.05, 3.63) is 30.3 Å². The van der Waals surface area contributed by atoms with Gasteiger partial charge in [-0.15, -0.1) is 0 Å². The van der Waals surface area contributed by atoms with Gasteiger partial charge < -0.3 is 19.9 Å². The van der Waals surface area contributed by atoms with Crippen LogP contribution >= 0.6 is 0 Å². The van der Waals surface area contributed by atoms with E-state index >= 15 is 0 Å². The van der Waals surface area contributed by atoms with Crippen molar-refractivity contribution in [1.29, 1.82) is 0 Å². The zero-order valence-electron chi connectivity index (χ0n) is 12.8. The second-order valence-electron chi connectivity index (χ2n) is 5.05. The molecule has 0 aliphatic carbocycles. The van der Waals surface area contributed by atoms with Crippen LogP contribution in [-0.4, -0.2) is 43.0 Å². The van der Waals surface area contributed by atoms with Gasteiger partial charge in [-0.1, -0.05) is 25.1 Å². The van der Waals surface area contributed by atoms with Crippen LogP contribution in [0, 0.1) is 0 Å². The Bertz CT molecular complexity index is 410. The number of likely N-dealkylation sites (N-methyl/N-ethyl adjacent to an activating group) is 1. The minimum atomic E-state index is -0.876. The summed E-state index contributed by atoms with van der Waals surface area (Å²) in [4.78, 5) is 11.2. The molecular formula is C16H25NO4. The van der Waals surface area contributed by atoms with Crippen molar-refractivity contribution in [3.8, 4) is 5.75 Å². The number of benzene rings is 1. The van der Waals surface area contributed by atoms with Gasteiger partial charge in [0.05, 0.1) is 6.61 Å². The summed E-state index contributed by atoms with van der Waals surface area (Å²) in [6, 6.07) is 9.57. The molecule has 0 saturated heterocycles. The predicted molar refractivity (Wildman–Crippen MR) is 81.7 cm³/mol. The average molecular weight is 295 g/mol. The molecule has 1 rings (SSSR count). The smallest absolute Gasteiger partial charge is 0.323 e. The van der Waals surface area contributed by atoms with Gasteiger partial charge in [0.1, 0.15) is 17.9 Å². The van der Waals surface area contributed by atoms with Gasteiger partial charge in [0, 0.05) is 6.61 Å². The first-order chi connectivity index (χ1) is 10.1. The number of carbonyl (C=O) groups is 1. The van der Waals surface area contributed by atoms with Crippen molar-refractivity contribution in [2.75, 3.05) is 26.4 Å². The van der Waals surface area contributed by atoms with Gasteiger partial charge in [-0.3, -0.25) is 4.79 Å². The highest BCUT2D eigenvalue weighted by Gasteiger charge is 2.31. The van der Waals surface area contributed by atoms with E-state index in [9.17, 15) is 9.90 Å². The molecule has 0 spiro atoms. The molecule has 21 heavy (non-hydrogen) atoms. The maximum Gasteiger partial charge on any atom is 0.323 e. The van der Waals surface area contributed by atoms with E-state index in [-0.39, 0.29) is 0 Å². The number of aliphatic carboxylic acids is 1. The molecule has 0 fully saturated rings. The molecule has 1 aromatic carbocycles. The summed E-state index contributed by atoms with van der Waals surface area (Å²) in [6.45, 7) is 5.77. The fraction of sp³-hybridized carbons (Fsp3) is 0.562. The van der Waals surface area contributed by atoms with Gasteiger partial charge in [0.25, 0.3) is 0 Å². The van der Waals surface area contributed by atoms with Crippen LogP contribution in [0.15, 0.2) is 30.3 Å². The highest BCUT2D eigenvalue weighted by molar-refractivity contribution is 5.78. The Morgan fingerprint density at radius 3 is 2.57 bits per heavy atom. The van der Waals surface area contributed by atoms with E-state index < -0.39 is 11.5 Å². The van der Waals surface area contributed by atoms with Gasteiger partial charge in [0.15, 0.2) is 0 Å². The molecule has 1 aromatic rings. The van der Waals surface area contributed by atoms with Crippen molar-refractivity contribution in [1.82, 2.24) is 5.32 Å². The first-order valence-electron chi connectivity index (χ1n) is 7.32. The molecule has 0 bridgehead atoms. The molecule has 0 aliphatic heterocycles. The Kier molecular flexibility index (Phi) is 7.79. The van der Waals surface area contributed by atoms with Crippen LogP contribution in [0.3, 0.4) is 0 Å². The fourth-order valence-electron chi connectivity index (χ4n) is 2.03. The van der Waals surface area contributed by atoms with Crippen LogP contribution in [0.2, 0.25) is 0 Å². The summed E-state index contributed by atoms with van der Waals surface area (Å²) >= 11 is 0. The molecule has 0 radical (unpaired) electrons. The lowest BCUT2D eigenvalue weighted by molar-refractivity contribution is -0.144. The summed E-state index contributed by atoms with van der Waals surface area (Å²) in [6.07, 6.45) is 1.23. The highest BCUT2D eigenvalue weighted by Crippen LogP contribution is 2.13. The van der Waals surface area contributed by atoms with Crippen molar-refractivity contribution in [2.45, 2.75) is 32.2 Å². The van der Waals surface area contributed by atoms with E-state index in [4.69, 9.17) is 9.47 Å². The molecular weight excluding hydrogens is 270 g/mol. The summed E-state index contributed by atoms with van der Waals surface area (Å²) < 4.78 is 11.0. The Morgan fingerprint density at radius 1 is 1.24 bits per heavy atom. The van der Waals surface area contributed by atoms with E-state index in [1.165, 1.54) is 0 Å². The second-order valence-corrected chi connectivity index (χ2v) is 5.05. The van der Waals surface area contributed by atoms with Crippen LogP contribution in [-0.2, 0) is 9.53 Å². The van der Waals surface area contributed by atoms with Crippen LogP contribution in [0.25, 0.3) is 0 Å². The molecule has 0 heterocycles. The standard InChI is InChI=1S/C16H25NO4/c1-3-17-16(2,15(18)19)10-7-11-20-12-13-21-14-8-5-4-6-9-14/h4-6,8-9,17H,3,7,10-13H2,1-2H3,(H,18,19). The third-order valence-electron chi connectivity index (χ3n) is 3.24. The van der Waals surface area contributed by atoms with E-state index in [1.54, 1.807) is 6.92 Å². The number of carboxylic acids is 1. The molecule has 1 unspecified atom stereocenters. The molecule has 0 saturated carbocycles. The van der Waals surface area contributed by atoms with E-state index in [0.717, 1.165) is 5.75 Å². The zero-order valence-corrected chi connectivity index (χ0v) is 12.8. The first-order valence-corrected chi connectivity index (χ1v) is 7.32. The number of nitrogens with one attached hydrogen (secondary N) is 1. The minimum Gasteiger partial charge on any atom is -0.491 e. The van der Waals surface area contributed by atoms with Crippen LogP contribution < -0.4 is 10.1 Å². The van der Waals surface area contributed by atoms with Crippen molar-refractivity contribution < 1.29 is 19.4 Å².